The van der Waals surface area contributed by atoms with Crippen LogP contribution in [0.3, 0.4) is 0 Å². The largest absolute Gasteiger partial charge is 0.379 e. The number of sulfone groups is 1. The molecule has 3 heterocycles. The summed E-state index contributed by atoms with van der Waals surface area (Å²) in [5.74, 6) is 0.601. The summed E-state index contributed by atoms with van der Waals surface area (Å²) >= 11 is 0. The Morgan fingerprint density at radius 3 is 1.47 bits per heavy atom. The molecule has 0 bridgehead atoms. The minimum Gasteiger partial charge on any atom is -0.379 e. The van der Waals surface area contributed by atoms with Crippen molar-refractivity contribution in [3.8, 4) is 0 Å². The molecule has 7 heteroatoms. The molecule has 2 unspecified atom stereocenters. The van der Waals surface area contributed by atoms with Gasteiger partial charge in [0, 0.05) is 38.3 Å². The van der Waals surface area contributed by atoms with Crippen molar-refractivity contribution in [1.29, 1.82) is 0 Å². The molecule has 0 saturated carbocycles. The van der Waals surface area contributed by atoms with Gasteiger partial charge in [-0.15, -0.1) is 0 Å². The van der Waals surface area contributed by atoms with Crippen LogP contribution in [0.25, 0.3) is 0 Å². The quantitative estimate of drug-likeness (QED) is 0.638. The molecular formula is C12H22N2O4S. The molecule has 0 aliphatic carbocycles. The summed E-state index contributed by atoms with van der Waals surface area (Å²) in [5, 5.41) is 0. The molecule has 3 aliphatic heterocycles. The Morgan fingerprint density at radius 1 is 0.737 bits per heavy atom. The zero-order valence-electron chi connectivity index (χ0n) is 11.2. The maximum Gasteiger partial charge on any atom is 0.153 e. The number of ether oxygens (including phenoxy) is 2. The second-order valence-electron chi connectivity index (χ2n) is 5.51. The summed E-state index contributed by atoms with van der Waals surface area (Å²) in [5.41, 5.74) is 0. The predicted molar refractivity (Wildman–Crippen MR) is 71.0 cm³/mol. The van der Waals surface area contributed by atoms with Gasteiger partial charge in [-0.3, -0.25) is 9.80 Å². The molecule has 0 aromatic rings. The van der Waals surface area contributed by atoms with Gasteiger partial charge in [0.25, 0.3) is 0 Å². The van der Waals surface area contributed by atoms with Crippen molar-refractivity contribution in [2.75, 3.05) is 64.1 Å². The van der Waals surface area contributed by atoms with Gasteiger partial charge in [-0.1, -0.05) is 0 Å². The summed E-state index contributed by atoms with van der Waals surface area (Å²) in [4.78, 5) is 4.60. The van der Waals surface area contributed by atoms with Gasteiger partial charge in [-0.2, -0.15) is 0 Å². The average Bonchev–Trinajstić information content (AvgIpc) is 2.77. The Kier molecular flexibility index (Phi) is 4.09. The number of rotatable bonds is 2. The molecular weight excluding hydrogens is 268 g/mol. The maximum atomic E-state index is 12.0. The molecule has 3 aliphatic rings. The van der Waals surface area contributed by atoms with Gasteiger partial charge in [0.2, 0.25) is 0 Å². The normalized spacial score (nSPS) is 37.5. The first-order chi connectivity index (χ1) is 9.16. The van der Waals surface area contributed by atoms with Crippen LogP contribution in [0.5, 0.6) is 0 Å². The number of morpholine rings is 2. The lowest BCUT2D eigenvalue weighted by Gasteiger charge is -2.40. The third kappa shape index (κ3) is 3.11. The summed E-state index contributed by atoms with van der Waals surface area (Å²) < 4.78 is 34.8. The van der Waals surface area contributed by atoms with E-state index < -0.39 is 9.84 Å². The highest BCUT2D eigenvalue weighted by Crippen LogP contribution is 2.24. The van der Waals surface area contributed by atoms with Gasteiger partial charge >= 0.3 is 0 Å². The molecule has 0 radical (unpaired) electrons. The zero-order valence-corrected chi connectivity index (χ0v) is 12.0. The average molecular weight is 290 g/mol. The molecule has 0 amide bonds. The lowest BCUT2D eigenvalue weighted by molar-refractivity contribution is -0.0221. The first-order valence-electron chi connectivity index (χ1n) is 7.00. The van der Waals surface area contributed by atoms with Crippen LogP contribution >= 0.6 is 0 Å². The van der Waals surface area contributed by atoms with E-state index in [1.165, 1.54) is 0 Å². The smallest absolute Gasteiger partial charge is 0.153 e. The molecule has 19 heavy (non-hydrogen) atoms. The fourth-order valence-electron chi connectivity index (χ4n) is 3.33. The van der Waals surface area contributed by atoms with Gasteiger partial charge in [-0.05, 0) is 0 Å². The number of hydrogen-bond donors (Lipinski definition) is 0. The van der Waals surface area contributed by atoms with Crippen LogP contribution in [-0.2, 0) is 19.3 Å². The van der Waals surface area contributed by atoms with E-state index in [-0.39, 0.29) is 12.1 Å². The van der Waals surface area contributed by atoms with Crippen molar-refractivity contribution in [1.82, 2.24) is 9.80 Å². The highest BCUT2D eigenvalue weighted by Gasteiger charge is 2.44. The first kappa shape index (κ1) is 13.8. The lowest BCUT2D eigenvalue weighted by atomic mass is 10.1. The zero-order chi connectivity index (χ0) is 13.3. The second-order valence-corrected chi connectivity index (χ2v) is 7.66. The Balaban J connectivity index is 1.74. The maximum absolute atomic E-state index is 12.0. The SMILES string of the molecule is O=S1(=O)CC(N2CCOCC2)C(N2CCOCC2)C1. The Bertz CT molecular complexity index is 370. The van der Waals surface area contributed by atoms with Crippen molar-refractivity contribution < 1.29 is 17.9 Å². The van der Waals surface area contributed by atoms with E-state index in [1.807, 2.05) is 0 Å². The standard InChI is InChI=1S/C12H22N2O4S/c15-19(16)9-11(13-1-5-17-6-2-13)12(10-19)14-3-7-18-8-4-14/h11-12H,1-10H2. The van der Waals surface area contributed by atoms with Gasteiger partial charge in [0.1, 0.15) is 0 Å². The fourth-order valence-corrected chi connectivity index (χ4v) is 5.37. The number of hydrogen-bond acceptors (Lipinski definition) is 6. The van der Waals surface area contributed by atoms with Crippen molar-refractivity contribution in [2.24, 2.45) is 0 Å². The molecule has 3 rings (SSSR count). The Labute approximate surface area is 114 Å². The summed E-state index contributed by atoms with van der Waals surface area (Å²) in [6.07, 6.45) is 0. The van der Waals surface area contributed by atoms with Gasteiger partial charge in [0.15, 0.2) is 9.84 Å². The highest BCUT2D eigenvalue weighted by molar-refractivity contribution is 7.91. The molecule has 0 spiro atoms. The molecule has 2 atom stereocenters. The van der Waals surface area contributed by atoms with Crippen LogP contribution < -0.4 is 0 Å². The Morgan fingerprint density at radius 2 is 1.11 bits per heavy atom. The molecule has 110 valence electrons. The predicted octanol–water partition coefficient (Wildman–Crippen LogP) is -1.18. The third-order valence-electron chi connectivity index (χ3n) is 4.32. The molecule has 3 fully saturated rings. The minimum atomic E-state index is -2.91. The summed E-state index contributed by atoms with van der Waals surface area (Å²) in [7, 11) is -2.91. The van der Waals surface area contributed by atoms with Gasteiger partial charge < -0.3 is 9.47 Å². The molecule has 3 saturated heterocycles. The van der Waals surface area contributed by atoms with Crippen molar-refractivity contribution >= 4 is 9.84 Å². The second kappa shape index (κ2) is 5.65. The van der Waals surface area contributed by atoms with Crippen LogP contribution in [0.1, 0.15) is 0 Å². The van der Waals surface area contributed by atoms with E-state index in [2.05, 4.69) is 9.80 Å². The van der Waals surface area contributed by atoms with E-state index in [0.29, 0.717) is 37.9 Å². The van der Waals surface area contributed by atoms with E-state index in [0.717, 1.165) is 26.2 Å². The van der Waals surface area contributed by atoms with Gasteiger partial charge in [-0.25, -0.2) is 8.42 Å². The monoisotopic (exact) mass is 290 g/mol. The van der Waals surface area contributed by atoms with Crippen LogP contribution in [0.4, 0.5) is 0 Å². The third-order valence-corrected chi connectivity index (χ3v) is 6.02. The van der Waals surface area contributed by atoms with E-state index in [9.17, 15) is 8.42 Å². The van der Waals surface area contributed by atoms with Crippen molar-refractivity contribution in [3.63, 3.8) is 0 Å². The Hall–Kier alpha value is -0.210. The topological polar surface area (TPSA) is 59.1 Å². The highest BCUT2D eigenvalue weighted by atomic mass is 32.2. The van der Waals surface area contributed by atoms with E-state index in [4.69, 9.17) is 9.47 Å². The molecule has 6 nitrogen and oxygen atoms in total. The first-order valence-corrected chi connectivity index (χ1v) is 8.82. The van der Waals surface area contributed by atoms with Crippen molar-refractivity contribution in [3.05, 3.63) is 0 Å². The van der Waals surface area contributed by atoms with Crippen LogP contribution in [0.15, 0.2) is 0 Å². The van der Waals surface area contributed by atoms with Crippen LogP contribution in [0, 0.1) is 0 Å². The van der Waals surface area contributed by atoms with Crippen LogP contribution in [-0.4, -0.2) is 94.4 Å². The summed E-state index contributed by atoms with van der Waals surface area (Å²) in [6.45, 7) is 6.25. The van der Waals surface area contributed by atoms with Crippen LogP contribution in [0.2, 0.25) is 0 Å². The van der Waals surface area contributed by atoms with E-state index >= 15 is 0 Å². The molecule has 0 aromatic carbocycles. The van der Waals surface area contributed by atoms with Crippen molar-refractivity contribution in [2.45, 2.75) is 12.1 Å². The summed E-state index contributed by atoms with van der Waals surface area (Å²) in [6, 6.07) is 0.263. The van der Waals surface area contributed by atoms with E-state index in [1.54, 1.807) is 0 Å². The fraction of sp³-hybridized carbons (Fsp3) is 1.00. The van der Waals surface area contributed by atoms with Gasteiger partial charge in [0.05, 0.1) is 37.9 Å². The molecule has 0 N–H and O–H groups in total. The lowest BCUT2D eigenvalue weighted by Crippen LogP contribution is -2.56. The minimum absolute atomic E-state index is 0.131. The molecule has 0 aromatic heterocycles. The number of nitrogens with zero attached hydrogens (tertiary/aromatic N) is 2.